The lowest BCUT2D eigenvalue weighted by atomic mass is 9.88. The number of hydrogen-bond acceptors (Lipinski definition) is 6. The van der Waals surface area contributed by atoms with Crippen molar-refractivity contribution in [1.29, 1.82) is 0 Å². The molecule has 3 aliphatic heterocycles. The molecule has 0 unspecified atom stereocenters. The molecule has 9 nitrogen and oxygen atoms in total. The molecule has 2 saturated heterocycles. The second kappa shape index (κ2) is 9.57. The standard InChI is InChI=1S/C30H35N7O2/c1-34-26-9-8-24(18-25(26)19-32-34)21-2-4-22(5-3-21)27-33-30(10-12-31-13-11-30)29(39)37(27)17-15-35-14-16-36(20-35)28(38)23-6-7-23/h2-5,8-9,18-19,23,31H,6-7,10-17,20H2,1H3. The Morgan fingerprint density at radius 2 is 1.74 bits per heavy atom. The zero-order valence-electron chi connectivity index (χ0n) is 22.5. The molecule has 7 rings (SSSR count). The summed E-state index contributed by atoms with van der Waals surface area (Å²) in [4.78, 5) is 37.7. The quantitative estimate of drug-likeness (QED) is 0.535. The summed E-state index contributed by atoms with van der Waals surface area (Å²) in [5.41, 5.74) is 3.67. The van der Waals surface area contributed by atoms with Gasteiger partial charge in [-0.3, -0.25) is 29.1 Å². The molecular weight excluding hydrogens is 490 g/mol. The number of nitrogens with one attached hydrogen (secondary N) is 1. The zero-order chi connectivity index (χ0) is 26.6. The van der Waals surface area contributed by atoms with E-state index in [2.05, 4.69) is 57.8 Å². The van der Waals surface area contributed by atoms with Gasteiger partial charge in [-0.15, -0.1) is 0 Å². The van der Waals surface area contributed by atoms with Crippen molar-refractivity contribution in [2.24, 2.45) is 18.0 Å². The number of carbonyl (C=O) groups excluding carboxylic acids is 2. The van der Waals surface area contributed by atoms with Gasteiger partial charge in [0.25, 0.3) is 5.91 Å². The van der Waals surface area contributed by atoms with Crippen LogP contribution in [0.15, 0.2) is 53.7 Å². The van der Waals surface area contributed by atoms with E-state index in [4.69, 9.17) is 4.99 Å². The van der Waals surface area contributed by atoms with Gasteiger partial charge >= 0.3 is 0 Å². The van der Waals surface area contributed by atoms with Crippen LogP contribution in [-0.2, 0) is 16.6 Å². The highest BCUT2D eigenvalue weighted by molar-refractivity contribution is 6.15. The first-order valence-corrected chi connectivity index (χ1v) is 14.2. The molecule has 1 spiro atoms. The molecule has 0 bridgehead atoms. The van der Waals surface area contributed by atoms with Gasteiger partial charge in [-0.2, -0.15) is 5.10 Å². The molecule has 4 heterocycles. The van der Waals surface area contributed by atoms with Gasteiger partial charge in [-0.1, -0.05) is 30.3 Å². The Morgan fingerprint density at radius 1 is 1.00 bits per heavy atom. The molecule has 1 aromatic heterocycles. The van der Waals surface area contributed by atoms with Crippen LogP contribution in [0, 0.1) is 5.92 Å². The molecule has 4 aliphatic rings. The number of aliphatic imine (C=N–C) groups is 1. The number of amidine groups is 1. The Labute approximate surface area is 228 Å². The van der Waals surface area contributed by atoms with Gasteiger partial charge in [-0.25, -0.2) is 0 Å². The topological polar surface area (TPSA) is 86.1 Å². The van der Waals surface area contributed by atoms with E-state index in [-0.39, 0.29) is 11.8 Å². The van der Waals surface area contributed by atoms with Gasteiger partial charge in [0.1, 0.15) is 11.4 Å². The minimum Gasteiger partial charge on any atom is -0.328 e. The lowest BCUT2D eigenvalue weighted by Crippen LogP contribution is -2.50. The van der Waals surface area contributed by atoms with Crippen LogP contribution >= 0.6 is 0 Å². The Bertz CT molecular complexity index is 1450. The molecule has 1 saturated carbocycles. The molecular formula is C30H35N7O2. The number of aromatic nitrogens is 2. The van der Waals surface area contributed by atoms with Crippen LogP contribution in [0.4, 0.5) is 0 Å². The number of benzene rings is 2. The highest BCUT2D eigenvalue weighted by atomic mass is 16.2. The van der Waals surface area contributed by atoms with Crippen LogP contribution < -0.4 is 5.32 Å². The fraction of sp³-hybridized carbons (Fsp3) is 0.467. The molecule has 3 aromatic rings. The van der Waals surface area contributed by atoms with Gasteiger partial charge in [0, 0.05) is 50.1 Å². The van der Waals surface area contributed by atoms with Crippen LogP contribution in [0.1, 0.15) is 31.2 Å². The van der Waals surface area contributed by atoms with Crippen molar-refractivity contribution < 1.29 is 9.59 Å². The summed E-state index contributed by atoms with van der Waals surface area (Å²) in [6.45, 7) is 5.22. The molecule has 3 fully saturated rings. The Hall–Kier alpha value is -3.56. The van der Waals surface area contributed by atoms with Gasteiger partial charge in [0.2, 0.25) is 5.91 Å². The minimum atomic E-state index is -0.663. The Morgan fingerprint density at radius 3 is 2.51 bits per heavy atom. The molecule has 0 atom stereocenters. The first-order chi connectivity index (χ1) is 19.0. The van der Waals surface area contributed by atoms with Crippen molar-refractivity contribution >= 4 is 28.6 Å². The van der Waals surface area contributed by atoms with Gasteiger partial charge in [-0.05, 0) is 62.0 Å². The average Bonchev–Trinajstić information content (AvgIpc) is 3.52. The zero-order valence-corrected chi connectivity index (χ0v) is 22.5. The average molecular weight is 526 g/mol. The van der Waals surface area contributed by atoms with Crippen molar-refractivity contribution in [2.75, 3.05) is 45.9 Å². The van der Waals surface area contributed by atoms with Crippen molar-refractivity contribution in [2.45, 2.75) is 31.2 Å². The Kier molecular flexibility index (Phi) is 6.01. The van der Waals surface area contributed by atoms with Crippen LogP contribution in [0.2, 0.25) is 0 Å². The normalized spacial score (nSPS) is 21.4. The lowest BCUT2D eigenvalue weighted by molar-refractivity contribution is -0.133. The van der Waals surface area contributed by atoms with Crippen LogP contribution in [0.3, 0.4) is 0 Å². The van der Waals surface area contributed by atoms with Gasteiger partial charge in [0.15, 0.2) is 0 Å². The van der Waals surface area contributed by atoms with E-state index in [1.165, 1.54) is 0 Å². The van der Waals surface area contributed by atoms with Crippen molar-refractivity contribution in [3.63, 3.8) is 0 Å². The van der Waals surface area contributed by atoms with E-state index in [1.807, 2.05) is 27.7 Å². The van der Waals surface area contributed by atoms with Gasteiger partial charge in [0.05, 0.1) is 18.4 Å². The second-order valence-electron chi connectivity index (χ2n) is 11.4. The maximum absolute atomic E-state index is 13.8. The summed E-state index contributed by atoms with van der Waals surface area (Å²) in [6.07, 6.45) is 5.41. The summed E-state index contributed by atoms with van der Waals surface area (Å²) < 4.78 is 1.88. The number of nitrogens with zero attached hydrogens (tertiary/aromatic N) is 6. The van der Waals surface area contributed by atoms with Gasteiger partial charge < -0.3 is 10.2 Å². The number of aryl methyl sites for hydroxylation is 1. The number of rotatable bonds is 6. The Balaban J connectivity index is 1.11. The number of carbonyl (C=O) groups is 2. The van der Waals surface area contributed by atoms with E-state index in [9.17, 15) is 9.59 Å². The summed E-state index contributed by atoms with van der Waals surface area (Å²) >= 11 is 0. The number of fused-ring (bicyclic) bond motifs is 1. The fourth-order valence-electron chi connectivity index (χ4n) is 6.24. The van der Waals surface area contributed by atoms with E-state index < -0.39 is 5.54 Å². The van der Waals surface area contributed by atoms with E-state index in [0.717, 1.165) is 91.8 Å². The molecule has 1 N–H and O–H groups in total. The maximum atomic E-state index is 13.8. The highest BCUT2D eigenvalue weighted by Crippen LogP contribution is 2.35. The summed E-state index contributed by atoms with van der Waals surface area (Å²) in [7, 11) is 1.95. The number of hydrogen-bond donors (Lipinski definition) is 1. The molecule has 2 aromatic carbocycles. The molecule has 9 heteroatoms. The third kappa shape index (κ3) is 4.43. The number of amides is 2. The van der Waals surface area contributed by atoms with E-state index in [0.29, 0.717) is 19.1 Å². The fourth-order valence-corrected chi connectivity index (χ4v) is 6.24. The SMILES string of the molecule is Cn1ncc2cc(-c3ccc(C4=NC5(CCNCC5)C(=O)N4CCN4CCN(C(=O)C5CC5)C4)cc3)ccc21. The predicted molar refractivity (Wildman–Crippen MR) is 150 cm³/mol. The predicted octanol–water partition coefficient (Wildman–Crippen LogP) is 2.46. The second-order valence-corrected chi connectivity index (χ2v) is 11.4. The van der Waals surface area contributed by atoms with Crippen LogP contribution in [0.25, 0.3) is 22.0 Å². The van der Waals surface area contributed by atoms with Crippen molar-refractivity contribution in [3.8, 4) is 11.1 Å². The minimum absolute atomic E-state index is 0.121. The van der Waals surface area contributed by atoms with Crippen molar-refractivity contribution in [1.82, 2.24) is 29.8 Å². The molecule has 202 valence electrons. The monoisotopic (exact) mass is 525 g/mol. The molecule has 1 aliphatic carbocycles. The van der Waals surface area contributed by atoms with E-state index >= 15 is 0 Å². The third-order valence-electron chi connectivity index (χ3n) is 8.81. The third-order valence-corrected chi connectivity index (χ3v) is 8.81. The molecule has 2 amide bonds. The summed E-state index contributed by atoms with van der Waals surface area (Å²) in [5.74, 6) is 1.45. The first kappa shape index (κ1) is 24.5. The highest BCUT2D eigenvalue weighted by Gasteiger charge is 2.49. The maximum Gasteiger partial charge on any atom is 0.256 e. The van der Waals surface area contributed by atoms with Crippen LogP contribution in [0.5, 0.6) is 0 Å². The van der Waals surface area contributed by atoms with Crippen molar-refractivity contribution in [3.05, 3.63) is 54.2 Å². The smallest absolute Gasteiger partial charge is 0.256 e. The first-order valence-electron chi connectivity index (χ1n) is 14.2. The molecule has 39 heavy (non-hydrogen) atoms. The van der Waals surface area contributed by atoms with E-state index in [1.54, 1.807) is 0 Å². The summed E-state index contributed by atoms with van der Waals surface area (Å²) in [6, 6.07) is 14.8. The number of piperidine rings is 1. The molecule has 0 radical (unpaired) electrons. The lowest BCUT2D eigenvalue weighted by Gasteiger charge is -2.30. The summed E-state index contributed by atoms with van der Waals surface area (Å²) in [5, 5.41) is 8.85. The van der Waals surface area contributed by atoms with Crippen LogP contribution in [-0.4, -0.2) is 93.6 Å². The largest absolute Gasteiger partial charge is 0.328 e.